The van der Waals surface area contributed by atoms with E-state index in [1.807, 2.05) is 91.0 Å². The van der Waals surface area contributed by atoms with Crippen molar-refractivity contribution in [2.75, 3.05) is 0 Å². The molecule has 4 aromatic rings. The summed E-state index contributed by atoms with van der Waals surface area (Å²) in [5, 5.41) is 13.7. The van der Waals surface area contributed by atoms with Gasteiger partial charge in [-0.3, -0.25) is 0 Å². The van der Waals surface area contributed by atoms with E-state index in [0.717, 1.165) is 38.9 Å². The Kier molecular flexibility index (Phi) is 4.75. The second-order valence-electron chi connectivity index (χ2n) is 7.42. The molecule has 4 aromatic carbocycles. The van der Waals surface area contributed by atoms with E-state index in [4.69, 9.17) is 23.2 Å². The minimum absolute atomic E-state index is 0.602. The van der Waals surface area contributed by atoms with E-state index in [2.05, 4.69) is 12.2 Å². The number of fused-ring (bicyclic) bond motifs is 2. The van der Waals surface area contributed by atoms with Crippen LogP contribution in [0.2, 0.25) is 10.0 Å². The topological polar surface area (TPSA) is 20.2 Å². The van der Waals surface area contributed by atoms with E-state index in [0.29, 0.717) is 10.0 Å². The third-order valence-electron chi connectivity index (χ3n) is 5.65. The van der Waals surface area contributed by atoms with E-state index < -0.39 is 5.60 Å². The van der Waals surface area contributed by atoms with Crippen molar-refractivity contribution in [3.8, 4) is 11.1 Å². The molecule has 0 aliphatic heterocycles. The average molecular weight is 429 g/mol. The van der Waals surface area contributed by atoms with Crippen LogP contribution in [0.3, 0.4) is 0 Å². The van der Waals surface area contributed by atoms with Gasteiger partial charge >= 0.3 is 0 Å². The van der Waals surface area contributed by atoms with Gasteiger partial charge in [0.1, 0.15) is 5.60 Å². The van der Waals surface area contributed by atoms with E-state index in [1.54, 1.807) is 0 Å². The number of halogens is 2. The lowest BCUT2D eigenvalue weighted by atomic mass is 9.75. The SMILES string of the molecule is OC1(c2ccc(Cl)cc2-c2cccc(Cl)c2)c2ccccc2C=Cc2ccccc21. The van der Waals surface area contributed by atoms with Gasteiger partial charge in [0.2, 0.25) is 0 Å². The number of rotatable bonds is 2. The Balaban J connectivity index is 1.88. The number of aliphatic hydroxyl groups is 1. The first-order chi connectivity index (χ1) is 14.6. The van der Waals surface area contributed by atoms with Gasteiger partial charge in [-0.05, 0) is 57.6 Å². The van der Waals surface area contributed by atoms with Crippen molar-refractivity contribution in [2.45, 2.75) is 5.60 Å². The molecule has 0 atom stereocenters. The molecule has 1 N–H and O–H groups in total. The quantitative estimate of drug-likeness (QED) is 0.351. The van der Waals surface area contributed by atoms with Gasteiger partial charge in [0.05, 0.1) is 0 Å². The zero-order chi connectivity index (χ0) is 20.7. The predicted octanol–water partition coefficient (Wildman–Crippen LogP) is 7.43. The molecule has 0 heterocycles. The van der Waals surface area contributed by atoms with Gasteiger partial charge < -0.3 is 5.11 Å². The van der Waals surface area contributed by atoms with Crippen LogP contribution in [0.1, 0.15) is 27.8 Å². The lowest BCUT2D eigenvalue weighted by Gasteiger charge is -2.33. The van der Waals surface area contributed by atoms with Crippen molar-refractivity contribution in [1.82, 2.24) is 0 Å². The maximum Gasteiger partial charge on any atom is 0.142 e. The zero-order valence-electron chi connectivity index (χ0n) is 16.0. The minimum atomic E-state index is -1.36. The largest absolute Gasteiger partial charge is 0.376 e. The van der Waals surface area contributed by atoms with Crippen LogP contribution >= 0.6 is 23.2 Å². The summed E-state index contributed by atoms with van der Waals surface area (Å²) in [6, 6.07) is 29.2. The molecule has 0 aromatic heterocycles. The average Bonchev–Trinajstić information content (AvgIpc) is 2.89. The summed E-state index contributed by atoms with van der Waals surface area (Å²) in [4.78, 5) is 0. The zero-order valence-corrected chi connectivity index (χ0v) is 17.5. The summed E-state index contributed by atoms with van der Waals surface area (Å²) in [5.41, 5.74) is 4.76. The second-order valence-corrected chi connectivity index (χ2v) is 8.29. The highest BCUT2D eigenvalue weighted by molar-refractivity contribution is 6.31. The molecule has 1 nitrogen and oxygen atoms in total. The third-order valence-corrected chi connectivity index (χ3v) is 6.12. The highest BCUT2D eigenvalue weighted by atomic mass is 35.5. The van der Waals surface area contributed by atoms with E-state index >= 15 is 0 Å². The summed E-state index contributed by atoms with van der Waals surface area (Å²) in [6.07, 6.45) is 4.11. The van der Waals surface area contributed by atoms with Crippen LogP contribution in [-0.2, 0) is 5.60 Å². The van der Waals surface area contributed by atoms with Crippen molar-refractivity contribution in [3.05, 3.63) is 129 Å². The second kappa shape index (κ2) is 7.45. The van der Waals surface area contributed by atoms with E-state index in [-0.39, 0.29) is 0 Å². The Hall–Kier alpha value is -2.84. The highest BCUT2D eigenvalue weighted by Crippen LogP contribution is 2.46. The number of hydrogen-bond acceptors (Lipinski definition) is 1. The fraction of sp³-hybridized carbons (Fsp3) is 0.0370. The molecule has 0 saturated heterocycles. The van der Waals surface area contributed by atoms with Crippen molar-refractivity contribution in [3.63, 3.8) is 0 Å². The van der Waals surface area contributed by atoms with Gasteiger partial charge in [-0.15, -0.1) is 0 Å². The van der Waals surface area contributed by atoms with Crippen molar-refractivity contribution < 1.29 is 5.11 Å². The van der Waals surface area contributed by atoms with Gasteiger partial charge in [0.25, 0.3) is 0 Å². The van der Waals surface area contributed by atoms with Gasteiger partial charge in [-0.25, -0.2) is 0 Å². The lowest BCUT2D eigenvalue weighted by Crippen LogP contribution is -2.31. The van der Waals surface area contributed by atoms with Crippen LogP contribution in [0.15, 0.2) is 91.0 Å². The molecule has 0 saturated carbocycles. The molecule has 5 rings (SSSR count). The van der Waals surface area contributed by atoms with Gasteiger partial charge in [0, 0.05) is 15.6 Å². The predicted molar refractivity (Wildman–Crippen MR) is 126 cm³/mol. The maximum atomic E-state index is 12.5. The summed E-state index contributed by atoms with van der Waals surface area (Å²) < 4.78 is 0. The Morgan fingerprint density at radius 3 is 1.80 bits per heavy atom. The molecular formula is C27H18Cl2O. The monoisotopic (exact) mass is 428 g/mol. The van der Waals surface area contributed by atoms with Crippen LogP contribution in [0.25, 0.3) is 23.3 Å². The van der Waals surface area contributed by atoms with Crippen LogP contribution in [-0.4, -0.2) is 5.11 Å². The number of hydrogen-bond donors (Lipinski definition) is 1. The molecule has 3 heteroatoms. The normalized spacial score (nSPS) is 14.0. The summed E-state index contributed by atoms with van der Waals surface area (Å²) in [5.74, 6) is 0. The first kappa shape index (κ1) is 19.1. The molecule has 0 amide bonds. The Morgan fingerprint density at radius 1 is 0.567 bits per heavy atom. The van der Waals surface area contributed by atoms with E-state index in [1.165, 1.54) is 0 Å². The Morgan fingerprint density at radius 2 is 1.17 bits per heavy atom. The standard InChI is InChI=1S/C27H18Cl2O/c28-21-9-5-8-20(16-21)23-17-22(29)14-15-26(23)27(30)24-10-3-1-6-18(24)12-13-19-7-2-4-11-25(19)27/h1-17,30H. The Labute approximate surface area is 185 Å². The van der Waals surface area contributed by atoms with Gasteiger partial charge in [0.15, 0.2) is 0 Å². The van der Waals surface area contributed by atoms with Crippen molar-refractivity contribution >= 4 is 35.4 Å². The van der Waals surface area contributed by atoms with E-state index in [9.17, 15) is 5.11 Å². The van der Waals surface area contributed by atoms with Crippen molar-refractivity contribution in [1.29, 1.82) is 0 Å². The molecule has 146 valence electrons. The summed E-state index contributed by atoms with van der Waals surface area (Å²) in [7, 11) is 0. The molecule has 30 heavy (non-hydrogen) atoms. The molecule has 0 bridgehead atoms. The van der Waals surface area contributed by atoms with Crippen LogP contribution in [0.5, 0.6) is 0 Å². The molecular weight excluding hydrogens is 411 g/mol. The summed E-state index contributed by atoms with van der Waals surface area (Å²) in [6.45, 7) is 0. The summed E-state index contributed by atoms with van der Waals surface area (Å²) >= 11 is 12.7. The molecule has 0 fully saturated rings. The lowest BCUT2D eigenvalue weighted by molar-refractivity contribution is 0.126. The maximum absolute atomic E-state index is 12.5. The smallest absolute Gasteiger partial charge is 0.142 e. The van der Waals surface area contributed by atoms with Crippen LogP contribution in [0.4, 0.5) is 0 Å². The molecule has 0 spiro atoms. The van der Waals surface area contributed by atoms with Gasteiger partial charge in [-0.2, -0.15) is 0 Å². The minimum Gasteiger partial charge on any atom is -0.376 e. The van der Waals surface area contributed by atoms with Crippen LogP contribution in [0, 0.1) is 0 Å². The Bertz CT molecular complexity index is 1240. The third kappa shape index (κ3) is 3.07. The molecule has 1 aliphatic carbocycles. The molecule has 0 unspecified atom stereocenters. The van der Waals surface area contributed by atoms with Crippen LogP contribution < -0.4 is 0 Å². The highest BCUT2D eigenvalue weighted by Gasteiger charge is 2.39. The molecule has 1 aliphatic rings. The van der Waals surface area contributed by atoms with Gasteiger partial charge in [-0.1, -0.05) is 102 Å². The number of benzene rings is 4. The first-order valence-electron chi connectivity index (χ1n) is 9.73. The fourth-order valence-electron chi connectivity index (χ4n) is 4.29. The van der Waals surface area contributed by atoms with Crippen molar-refractivity contribution in [2.24, 2.45) is 0 Å². The first-order valence-corrected chi connectivity index (χ1v) is 10.5. The fourth-order valence-corrected chi connectivity index (χ4v) is 4.65. The molecule has 0 radical (unpaired) electrons.